The molecule has 0 aliphatic carbocycles. The number of aliphatic carboxylic acids is 1. The van der Waals surface area contributed by atoms with E-state index in [1.165, 1.54) is 0 Å². The SMILES string of the molecule is CCOc1cccc(OCCC(C)(NC(C)C)C(=O)O)c1. The van der Waals surface area contributed by atoms with Gasteiger partial charge in [0.25, 0.3) is 0 Å². The summed E-state index contributed by atoms with van der Waals surface area (Å²) in [5, 5.41) is 12.4. The maximum absolute atomic E-state index is 11.4. The van der Waals surface area contributed by atoms with Crippen molar-refractivity contribution in [1.29, 1.82) is 0 Å². The molecule has 0 saturated carbocycles. The van der Waals surface area contributed by atoms with E-state index in [-0.39, 0.29) is 6.04 Å². The first-order valence-electron chi connectivity index (χ1n) is 7.24. The molecule has 5 nitrogen and oxygen atoms in total. The molecule has 1 unspecified atom stereocenters. The normalized spacial score (nSPS) is 13.8. The molecular formula is C16H25NO4. The zero-order valence-corrected chi connectivity index (χ0v) is 13.2. The third-order valence-electron chi connectivity index (χ3n) is 3.07. The highest BCUT2D eigenvalue weighted by atomic mass is 16.5. The monoisotopic (exact) mass is 295 g/mol. The molecule has 5 heteroatoms. The number of benzene rings is 1. The molecule has 0 aliphatic heterocycles. The maximum Gasteiger partial charge on any atom is 0.323 e. The Bertz CT molecular complexity index is 461. The van der Waals surface area contributed by atoms with Crippen molar-refractivity contribution in [1.82, 2.24) is 5.32 Å². The summed E-state index contributed by atoms with van der Waals surface area (Å²) in [6.45, 7) is 8.36. The Labute approximate surface area is 126 Å². The molecule has 0 aromatic heterocycles. The fourth-order valence-corrected chi connectivity index (χ4v) is 2.07. The van der Waals surface area contributed by atoms with Crippen molar-refractivity contribution in [3.05, 3.63) is 24.3 Å². The van der Waals surface area contributed by atoms with Gasteiger partial charge in [0.1, 0.15) is 17.0 Å². The third-order valence-corrected chi connectivity index (χ3v) is 3.07. The van der Waals surface area contributed by atoms with Crippen LogP contribution in [0.1, 0.15) is 34.1 Å². The van der Waals surface area contributed by atoms with Gasteiger partial charge in [-0.05, 0) is 39.8 Å². The van der Waals surface area contributed by atoms with Gasteiger partial charge in [-0.1, -0.05) is 6.07 Å². The minimum atomic E-state index is -0.994. The smallest absolute Gasteiger partial charge is 0.323 e. The number of hydrogen-bond acceptors (Lipinski definition) is 4. The van der Waals surface area contributed by atoms with E-state index >= 15 is 0 Å². The van der Waals surface area contributed by atoms with Crippen LogP contribution in [-0.4, -0.2) is 35.9 Å². The highest BCUT2D eigenvalue weighted by Gasteiger charge is 2.33. The molecule has 0 amide bonds. The van der Waals surface area contributed by atoms with Crippen LogP contribution in [0.3, 0.4) is 0 Å². The van der Waals surface area contributed by atoms with E-state index in [0.29, 0.717) is 25.4 Å². The van der Waals surface area contributed by atoms with E-state index < -0.39 is 11.5 Å². The predicted molar refractivity (Wildman–Crippen MR) is 82.0 cm³/mol. The van der Waals surface area contributed by atoms with E-state index in [9.17, 15) is 9.90 Å². The van der Waals surface area contributed by atoms with Crippen LogP contribution in [0.5, 0.6) is 11.5 Å². The van der Waals surface area contributed by atoms with Crippen molar-refractivity contribution in [2.75, 3.05) is 13.2 Å². The number of carboxylic acids is 1. The first kappa shape index (κ1) is 17.3. The molecule has 0 spiro atoms. The van der Waals surface area contributed by atoms with Crippen molar-refractivity contribution in [2.24, 2.45) is 0 Å². The topological polar surface area (TPSA) is 67.8 Å². The van der Waals surface area contributed by atoms with Gasteiger partial charge in [-0.3, -0.25) is 10.1 Å². The number of carboxylic acid groups (broad SMARTS) is 1. The average Bonchev–Trinajstić information content (AvgIpc) is 2.38. The number of rotatable bonds is 9. The standard InChI is InChI=1S/C16H25NO4/c1-5-20-13-7-6-8-14(11-13)21-10-9-16(4,15(18)19)17-12(2)3/h6-8,11-12,17H,5,9-10H2,1-4H3,(H,18,19). The van der Waals surface area contributed by atoms with E-state index in [4.69, 9.17) is 9.47 Å². The highest BCUT2D eigenvalue weighted by Crippen LogP contribution is 2.20. The lowest BCUT2D eigenvalue weighted by molar-refractivity contribution is -0.145. The number of hydrogen-bond donors (Lipinski definition) is 2. The van der Waals surface area contributed by atoms with Gasteiger partial charge >= 0.3 is 5.97 Å². The Balaban J connectivity index is 2.58. The van der Waals surface area contributed by atoms with Gasteiger partial charge in [-0.2, -0.15) is 0 Å². The van der Waals surface area contributed by atoms with Gasteiger partial charge in [0.05, 0.1) is 13.2 Å². The summed E-state index contributed by atoms with van der Waals surface area (Å²) in [5.74, 6) is 0.553. The molecule has 0 aliphatic rings. The Kier molecular flexibility index (Phi) is 6.49. The van der Waals surface area contributed by atoms with Crippen LogP contribution in [-0.2, 0) is 4.79 Å². The Morgan fingerprint density at radius 1 is 1.33 bits per heavy atom. The van der Waals surface area contributed by atoms with Crippen LogP contribution in [0.4, 0.5) is 0 Å². The van der Waals surface area contributed by atoms with Crippen molar-refractivity contribution in [3.8, 4) is 11.5 Å². The molecule has 118 valence electrons. The summed E-state index contributed by atoms with van der Waals surface area (Å²) in [5.41, 5.74) is -0.994. The highest BCUT2D eigenvalue weighted by molar-refractivity contribution is 5.78. The number of ether oxygens (including phenoxy) is 2. The second-order valence-corrected chi connectivity index (χ2v) is 5.44. The summed E-state index contributed by atoms with van der Waals surface area (Å²) in [7, 11) is 0. The van der Waals surface area contributed by atoms with Gasteiger partial charge < -0.3 is 14.6 Å². The van der Waals surface area contributed by atoms with E-state index in [2.05, 4.69) is 5.32 Å². The molecule has 1 aromatic carbocycles. The Morgan fingerprint density at radius 2 is 1.95 bits per heavy atom. The zero-order valence-electron chi connectivity index (χ0n) is 13.2. The van der Waals surface area contributed by atoms with E-state index in [0.717, 1.165) is 5.75 Å². The van der Waals surface area contributed by atoms with Gasteiger partial charge in [0.15, 0.2) is 0 Å². The van der Waals surface area contributed by atoms with Crippen LogP contribution < -0.4 is 14.8 Å². The van der Waals surface area contributed by atoms with Crippen LogP contribution in [0.25, 0.3) is 0 Å². The molecule has 0 radical (unpaired) electrons. The summed E-state index contributed by atoms with van der Waals surface area (Å²) in [6, 6.07) is 7.43. The number of carbonyl (C=O) groups is 1. The fraction of sp³-hybridized carbons (Fsp3) is 0.562. The van der Waals surface area contributed by atoms with Crippen molar-refractivity contribution >= 4 is 5.97 Å². The second kappa shape index (κ2) is 7.88. The van der Waals surface area contributed by atoms with Gasteiger partial charge in [0.2, 0.25) is 0 Å². The van der Waals surface area contributed by atoms with Crippen molar-refractivity contribution in [3.63, 3.8) is 0 Å². The molecular weight excluding hydrogens is 270 g/mol. The van der Waals surface area contributed by atoms with Crippen LogP contribution >= 0.6 is 0 Å². The lowest BCUT2D eigenvalue weighted by atomic mass is 9.97. The Hall–Kier alpha value is -1.75. The predicted octanol–water partition coefficient (Wildman–Crippen LogP) is 2.70. The molecule has 0 bridgehead atoms. The quantitative estimate of drug-likeness (QED) is 0.733. The molecule has 0 fully saturated rings. The largest absolute Gasteiger partial charge is 0.494 e. The summed E-state index contributed by atoms with van der Waals surface area (Å²) in [6.07, 6.45) is 0.374. The molecule has 2 N–H and O–H groups in total. The zero-order chi connectivity index (χ0) is 15.9. The lowest BCUT2D eigenvalue weighted by Crippen LogP contribution is -2.53. The van der Waals surface area contributed by atoms with E-state index in [1.54, 1.807) is 13.0 Å². The summed E-state index contributed by atoms with van der Waals surface area (Å²) in [4.78, 5) is 11.4. The second-order valence-electron chi connectivity index (χ2n) is 5.44. The van der Waals surface area contributed by atoms with Crippen LogP contribution in [0.2, 0.25) is 0 Å². The van der Waals surface area contributed by atoms with Crippen LogP contribution in [0, 0.1) is 0 Å². The van der Waals surface area contributed by atoms with Crippen LogP contribution in [0.15, 0.2) is 24.3 Å². The van der Waals surface area contributed by atoms with Gasteiger partial charge in [-0.15, -0.1) is 0 Å². The number of nitrogens with one attached hydrogen (secondary N) is 1. The molecule has 21 heavy (non-hydrogen) atoms. The summed E-state index contributed by atoms with van der Waals surface area (Å²) >= 11 is 0. The minimum absolute atomic E-state index is 0.0902. The molecule has 0 saturated heterocycles. The lowest BCUT2D eigenvalue weighted by Gasteiger charge is -2.28. The van der Waals surface area contributed by atoms with Crippen molar-refractivity contribution < 1.29 is 19.4 Å². The molecule has 1 aromatic rings. The van der Waals surface area contributed by atoms with Crippen molar-refractivity contribution in [2.45, 2.75) is 45.7 Å². The minimum Gasteiger partial charge on any atom is -0.494 e. The molecule has 1 rings (SSSR count). The molecule has 1 atom stereocenters. The first-order chi connectivity index (χ1) is 9.87. The van der Waals surface area contributed by atoms with Gasteiger partial charge in [-0.25, -0.2) is 0 Å². The average molecular weight is 295 g/mol. The third kappa shape index (κ3) is 5.63. The maximum atomic E-state index is 11.4. The van der Waals surface area contributed by atoms with E-state index in [1.807, 2.05) is 39.0 Å². The summed E-state index contributed by atoms with van der Waals surface area (Å²) < 4.78 is 11.0. The Morgan fingerprint density at radius 3 is 2.48 bits per heavy atom. The molecule has 0 heterocycles. The van der Waals surface area contributed by atoms with Gasteiger partial charge in [0, 0.05) is 18.5 Å². The first-order valence-corrected chi connectivity index (χ1v) is 7.24. The fourth-order valence-electron chi connectivity index (χ4n) is 2.07.